The van der Waals surface area contributed by atoms with Crippen molar-refractivity contribution in [2.45, 2.75) is 0 Å². The van der Waals surface area contributed by atoms with E-state index in [0.29, 0.717) is 22.8 Å². The van der Waals surface area contributed by atoms with Gasteiger partial charge in [0, 0.05) is 29.7 Å². The molecule has 2 amide bonds. The fourth-order valence-electron chi connectivity index (χ4n) is 3.25. The van der Waals surface area contributed by atoms with Crippen LogP contribution >= 0.6 is 12.2 Å². The number of benzene rings is 2. The Hall–Kier alpha value is -4.31. The molecule has 0 unspecified atom stereocenters. The Morgan fingerprint density at radius 3 is 2.31 bits per heavy atom. The number of ether oxygens (including phenoxy) is 1. The van der Waals surface area contributed by atoms with E-state index >= 15 is 0 Å². The number of thiocarbonyl (C=S) groups is 1. The lowest BCUT2D eigenvalue weighted by molar-refractivity contribution is -0.384. The van der Waals surface area contributed by atoms with Crippen LogP contribution in [0.1, 0.15) is 5.69 Å². The zero-order valence-electron chi connectivity index (χ0n) is 16.7. The molecule has 0 radical (unpaired) electrons. The molecule has 160 valence electrons. The Morgan fingerprint density at radius 1 is 1.03 bits per heavy atom. The van der Waals surface area contributed by atoms with Crippen LogP contribution in [-0.4, -0.2) is 33.5 Å². The van der Waals surface area contributed by atoms with Crippen molar-refractivity contribution in [2.24, 2.45) is 0 Å². The molecule has 3 aromatic rings. The minimum Gasteiger partial charge on any atom is -0.497 e. The Morgan fingerprint density at radius 2 is 1.69 bits per heavy atom. The van der Waals surface area contributed by atoms with Crippen LogP contribution in [0.3, 0.4) is 0 Å². The Balaban J connectivity index is 1.70. The van der Waals surface area contributed by atoms with Crippen molar-refractivity contribution in [3.8, 4) is 11.4 Å². The molecule has 0 saturated carbocycles. The summed E-state index contributed by atoms with van der Waals surface area (Å²) in [7, 11) is 1.53. The maximum atomic E-state index is 13.2. The van der Waals surface area contributed by atoms with Crippen molar-refractivity contribution < 1.29 is 19.2 Å². The number of aromatic nitrogens is 1. The largest absolute Gasteiger partial charge is 0.497 e. The maximum Gasteiger partial charge on any atom is 0.270 e. The van der Waals surface area contributed by atoms with Crippen LogP contribution in [0.5, 0.6) is 5.75 Å². The van der Waals surface area contributed by atoms with E-state index < -0.39 is 16.7 Å². The molecule has 1 aliphatic heterocycles. The maximum absolute atomic E-state index is 13.2. The molecule has 1 aliphatic rings. The van der Waals surface area contributed by atoms with Crippen LogP contribution in [0.15, 0.2) is 72.4 Å². The van der Waals surface area contributed by atoms with Gasteiger partial charge in [-0.15, -0.1) is 0 Å². The fraction of sp³-hybridized carbons (Fsp3) is 0.0455. The molecule has 0 spiro atoms. The van der Waals surface area contributed by atoms with E-state index in [-0.39, 0.29) is 16.4 Å². The molecule has 10 heteroatoms. The molecule has 2 aromatic carbocycles. The zero-order valence-corrected chi connectivity index (χ0v) is 17.5. The lowest BCUT2D eigenvalue weighted by Crippen LogP contribution is -2.54. The number of hydrogen-bond donors (Lipinski definition) is 1. The molecular weight excluding hydrogens is 432 g/mol. The first-order valence-electron chi connectivity index (χ1n) is 9.37. The van der Waals surface area contributed by atoms with Gasteiger partial charge < -0.3 is 9.30 Å². The van der Waals surface area contributed by atoms with Gasteiger partial charge in [0.05, 0.1) is 17.7 Å². The van der Waals surface area contributed by atoms with Gasteiger partial charge in [-0.1, -0.05) is 0 Å². The quantitative estimate of drug-likeness (QED) is 0.211. The predicted molar refractivity (Wildman–Crippen MR) is 122 cm³/mol. The third-order valence-corrected chi connectivity index (χ3v) is 5.13. The van der Waals surface area contributed by atoms with E-state index in [1.54, 1.807) is 59.3 Å². The Labute approximate surface area is 187 Å². The molecule has 1 aromatic heterocycles. The SMILES string of the molecule is COc1ccc(N2C(=O)/C(=C/c3cccn3-c3ccc([N+](=O)[O-])cc3)C(=O)NC2=S)cc1. The minimum absolute atomic E-state index is 0.0203. The highest BCUT2D eigenvalue weighted by Gasteiger charge is 2.34. The molecule has 0 aliphatic carbocycles. The first kappa shape index (κ1) is 20.9. The third kappa shape index (κ3) is 3.86. The number of carbonyl (C=O) groups excluding carboxylic acids is 2. The van der Waals surface area contributed by atoms with Gasteiger partial charge in [-0.25, -0.2) is 0 Å². The number of non-ortho nitro benzene ring substituents is 1. The van der Waals surface area contributed by atoms with Crippen LogP contribution in [0.25, 0.3) is 11.8 Å². The number of nitro groups is 1. The van der Waals surface area contributed by atoms with Gasteiger partial charge >= 0.3 is 0 Å². The third-order valence-electron chi connectivity index (χ3n) is 4.84. The number of nitrogens with one attached hydrogen (secondary N) is 1. The zero-order chi connectivity index (χ0) is 22.8. The van der Waals surface area contributed by atoms with Crippen LogP contribution in [0, 0.1) is 10.1 Å². The van der Waals surface area contributed by atoms with Crippen molar-refractivity contribution in [1.82, 2.24) is 9.88 Å². The molecule has 1 fully saturated rings. The van der Waals surface area contributed by atoms with Crippen LogP contribution in [-0.2, 0) is 9.59 Å². The molecular formula is C22H16N4O5S. The normalized spacial score (nSPS) is 15.1. The van der Waals surface area contributed by atoms with E-state index in [4.69, 9.17) is 17.0 Å². The summed E-state index contributed by atoms with van der Waals surface area (Å²) >= 11 is 5.22. The first-order valence-corrected chi connectivity index (χ1v) is 9.77. The van der Waals surface area contributed by atoms with E-state index in [1.807, 2.05) is 0 Å². The molecule has 0 atom stereocenters. The van der Waals surface area contributed by atoms with Gasteiger partial charge in [-0.2, -0.15) is 0 Å². The van der Waals surface area contributed by atoms with E-state index in [1.165, 1.54) is 30.2 Å². The van der Waals surface area contributed by atoms with Crippen LogP contribution in [0.4, 0.5) is 11.4 Å². The second-order valence-electron chi connectivity index (χ2n) is 6.73. The van der Waals surface area contributed by atoms with Crippen molar-refractivity contribution in [2.75, 3.05) is 12.0 Å². The molecule has 0 bridgehead atoms. The van der Waals surface area contributed by atoms with Gasteiger partial charge in [0.1, 0.15) is 11.3 Å². The summed E-state index contributed by atoms with van der Waals surface area (Å²) in [6.45, 7) is 0. The number of carbonyl (C=O) groups is 2. The number of amides is 2. The highest BCUT2D eigenvalue weighted by Crippen LogP contribution is 2.25. The summed E-state index contributed by atoms with van der Waals surface area (Å²) in [5.74, 6) is -0.563. The van der Waals surface area contributed by atoms with Crippen molar-refractivity contribution in [3.05, 3.63) is 88.2 Å². The summed E-state index contributed by atoms with van der Waals surface area (Å²) in [5.41, 5.74) is 1.53. The standard InChI is InChI=1S/C22H16N4O5S/c1-31-18-10-8-15(9-11-18)25-21(28)19(20(27)23-22(25)32)13-17-3-2-12-24(17)14-4-6-16(7-5-14)26(29)30/h2-13H,1H3,(H,23,27,32)/b19-13+. The van der Waals surface area contributed by atoms with Crippen molar-refractivity contribution in [1.29, 1.82) is 0 Å². The number of nitrogens with zero attached hydrogens (tertiary/aromatic N) is 3. The molecule has 9 nitrogen and oxygen atoms in total. The smallest absolute Gasteiger partial charge is 0.270 e. The topological polar surface area (TPSA) is 107 Å². The second kappa shape index (κ2) is 8.44. The van der Waals surface area contributed by atoms with Crippen LogP contribution < -0.4 is 15.0 Å². The monoisotopic (exact) mass is 448 g/mol. The van der Waals surface area contributed by atoms with Gasteiger partial charge in [-0.05, 0) is 66.8 Å². The Kier molecular flexibility index (Phi) is 5.52. The second-order valence-corrected chi connectivity index (χ2v) is 7.12. The average Bonchev–Trinajstić information content (AvgIpc) is 3.25. The summed E-state index contributed by atoms with van der Waals surface area (Å²) in [6.07, 6.45) is 3.18. The molecule has 1 N–H and O–H groups in total. The highest BCUT2D eigenvalue weighted by atomic mass is 32.1. The first-order chi connectivity index (χ1) is 15.4. The summed E-state index contributed by atoms with van der Waals surface area (Å²) in [4.78, 5) is 37.4. The number of rotatable bonds is 5. The van der Waals surface area contributed by atoms with E-state index in [0.717, 1.165) is 0 Å². The molecule has 1 saturated heterocycles. The van der Waals surface area contributed by atoms with E-state index in [9.17, 15) is 19.7 Å². The van der Waals surface area contributed by atoms with Crippen molar-refractivity contribution in [3.63, 3.8) is 0 Å². The highest BCUT2D eigenvalue weighted by molar-refractivity contribution is 7.80. The number of anilines is 1. The van der Waals surface area contributed by atoms with Gasteiger partial charge in [0.15, 0.2) is 5.11 Å². The summed E-state index contributed by atoms with van der Waals surface area (Å²) < 4.78 is 6.85. The van der Waals surface area contributed by atoms with Gasteiger partial charge in [0.2, 0.25) is 0 Å². The fourth-order valence-corrected chi connectivity index (χ4v) is 3.53. The van der Waals surface area contributed by atoms with Crippen LogP contribution in [0.2, 0.25) is 0 Å². The van der Waals surface area contributed by atoms with Gasteiger partial charge in [-0.3, -0.25) is 29.9 Å². The Bertz CT molecular complexity index is 1260. The van der Waals surface area contributed by atoms with E-state index in [2.05, 4.69) is 5.32 Å². The lowest BCUT2D eigenvalue weighted by Gasteiger charge is -2.29. The predicted octanol–water partition coefficient (Wildman–Crippen LogP) is 3.23. The summed E-state index contributed by atoms with van der Waals surface area (Å²) in [6, 6.07) is 16.1. The van der Waals surface area contributed by atoms with Gasteiger partial charge in [0.25, 0.3) is 17.5 Å². The number of methoxy groups -OCH3 is 1. The average molecular weight is 448 g/mol. The number of hydrogen-bond acceptors (Lipinski definition) is 6. The minimum atomic E-state index is -0.610. The molecule has 4 rings (SSSR count). The number of nitro benzene ring substituents is 1. The summed E-state index contributed by atoms with van der Waals surface area (Å²) in [5, 5.41) is 13.4. The lowest BCUT2D eigenvalue weighted by atomic mass is 10.1. The van der Waals surface area contributed by atoms with Crippen molar-refractivity contribution >= 4 is 46.6 Å². The molecule has 32 heavy (non-hydrogen) atoms. The molecule has 2 heterocycles.